The second-order valence-corrected chi connectivity index (χ2v) is 12.6. The van der Waals surface area contributed by atoms with Crippen molar-refractivity contribution in [2.24, 2.45) is 22.7 Å². The molecule has 0 bridgehead atoms. The summed E-state index contributed by atoms with van der Waals surface area (Å²) in [6.07, 6.45) is 7.60. The highest BCUT2D eigenvalue weighted by atomic mass is 32.2. The first kappa shape index (κ1) is 21.2. The van der Waals surface area contributed by atoms with Crippen LogP contribution < -0.4 is 5.56 Å². The van der Waals surface area contributed by atoms with Crippen LogP contribution in [-0.4, -0.2) is 20.4 Å². The number of para-hydroxylation sites is 1. The smallest absolute Gasteiger partial charge is 0.267 e. The normalized spacial score (nSPS) is 28.2. The largest absolute Gasteiger partial charge is 0.283 e. The third kappa shape index (κ3) is 3.56. The van der Waals surface area contributed by atoms with Gasteiger partial charge in [-0.2, -0.15) is 4.52 Å². The van der Waals surface area contributed by atoms with E-state index in [0.717, 1.165) is 27.9 Å². The van der Waals surface area contributed by atoms with Gasteiger partial charge in [0.25, 0.3) is 5.56 Å². The van der Waals surface area contributed by atoms with Crippen molar-refractivity contribution in [2.75, 3.05) is 5.75 Å². The Balaban J connectivity index is 1.35. The molecule has 0 spiro atoms. The summed E-state index contributed by atoms with van der Waals surface area (Å²) in [5.74, 6) is 2.36. The van der Waals surface area contributed by atoms with Gasteiger partial charge in [-0.05, 0) is 66.9 Å². The summed E-state index contributed by atoms with van der Waals surface area (Å²) in [5.41, 5.74) is 2.90. The average molecular weight is 454 g/mol. The molecule has 6 heteroatoms. The summed E-state index contributed by atoms with van der Waals surface area (Å²) in [6.45, 7) is 12.0. The highest BCUT2D eigenvalue weighted by molar-refractivity contribution is 8.01. The zero-order chi connectivity index (χ0) is 21.8. The maximum atomic E-state index is 12.8. The van der Waals surface area contributed by atoms with Gasteiger partial charge in [0, 0.05) is 5.75 Å². The summed E-state index contributed by atoms with van der Waals surface area (Å²) >= 11 is 3.28. The molecular formula is C25H31N3OS2. The number of nitrogens with zero attached hydrogens (tertiary/aromatic N) is 3. The van der Waals surface area contributed by atoms with E-state index in [2.05, 4.69) is 37.4 Å². The molecule has 0 aliphatic heterocycles. The fourth-order valence-corrected chi connectivity index (χ4v) is 8.58. The number of thioether (sulfide) groups is 1. The minimum Gasteiger partial charge on any atom is -0.267 e. The van der Waals surface area contributed by atoms with Crippen LogP contribution in [0.5, 0.6) is 0 Å². The lowest BCUT2D eigenvalue weighted by molar-refractivity contribution is -0.0524. The molecule has 2 aliphatic rings. The van der Waals surface area contributed by atoms with Gasteiger partial charge < -0.3 is 0 Å². The van der Waals surface area contributed by atoms with Crippen LogP contribution >= 0.6 is 23.1 Å². The highest BCUT2D eigenvalue weighted by Crippen LogP contribution is 2.61. The van der Waals surface area contributed by atoms with Crippen LogP contribution in [-0.2, 0) is 0 Å². The van der Waals surface area contributed by atoms with Crippen molar-refractivity contribution in [3.05, 3.63) is 46.8 Å². The van der Waals surface area contributed by atoms with Crippen molar-refractivity contribution in [3.63, 3.8) is 0 Å². The zero-order valence-electron chi connectivity index (χ0n) is 18.7. The molecule has 3 aromatic rings. The van der Waals surface area contributed by atoms with Gasteiger partial charge in [0.2, 0.25) is 4.96 Å². The lowest BCUT2D eigenvalue weighted by Gasteiger charge is -2.58. The van der Waals surface area contributed by atoms with Gasteiger partial charge in [0.15, 0.2) is 4.34 Å². The van der Waals surface area contributed by atoms with Crippen LogP contribution in [0.15, 0.2) is 45.6 Å². The van der Waals surface area contributed by atoms with Crippen LogP contribution in [0.1, 0.15) is 59.3 Å². The lowest BCUT2D eigenvalue weighted by atomic mass is 9.47. The van der Waals surface area contributed by atoms with Crippen molar-refractivity contribution >= 4 is 39.0 Å². The molecule has 2 fully saturated rings. The molecule has 0 radical (unpaired) electrons. The number of hydrogen-bond acceptors (Lipinski definition) is 5. The fraction of sp³-hybridized carbons (Fsp3) is 0.560. The second-order valence-electron chi connectivity index (χ2n) is 10.3. The molecule has 3 atom stereocenters. The SMILES string of the molecule is C=C1CCC2C(C)(C)CCC[C@]2(C)[C@@H]1CCSc1nn2c(=O)c3ccccc3nc2s1. The van der Waals surface area contributed by atoms with Gasteiger partial charge in [-0.1, -0.05) is 74.6 Å². The molecule has 2 saturated carbocycles. The summed E-state index contributed by atoms with van der Waals surface area (Å²) in [4.78, 5) is 18.1. The Hall–Kier alpha value is -1.66. The number of allylic oxidation sites excluding steroid dienone is 1. The Bertz CT molecular complexity index is 1210. The maximum absolute atomic E-state index is 12.8. The standard InChI is InChI=1S/C25H31N3OS2/c1-16-10-11-20-24(2,3)13-7-14-25(20,4)18(16)12-15-30-23-27-28-21(29)17-8-5-6-9-19(17)26-22(28)31-23/h5-6,8-9,18,20H,1,7,10-15H2,2-4H3/t18-,20?,25-/m1/s1. The molecule has 4 nitrogen and oxygen atoms in total. The lowest BCUT2D eigenvalue weighted by Crippen LogP contribution is -2.49. The quantitative estimate of drug-likeness (QED) is 0.330. The molecule has 2 heterocycles. The molecule has 31 heavy (non-hydrogen) atoms. The molecule has 0 amide bonds. The second kappa shape index (κ2) is 7.73. The monoisotopic (exact) mass is 453 g/mol. The third-order valence-corrected chi connectivity index (χ3v) is 10.1. The molecule has 0 saturated heterocycles. The van der Waals surface area contributed by atoms with Crippen LogP contribution in [0.3, 0.4) is 0 Å². The van der Waals surface area contributed by atoms with E-state index >= 15 is 0 Å². The zero-order valence-corrected chi connectivity index (χ0v) is 20.3. The molecule has 5 rings (SSSR count). The van der Waals surface area contributed by atoms with Crippen LogP contribution in [0.4, 0.5) is 0 Å². The Kier molecular flexibility index (Phi) is 5.29. The van der Waals surface area contributed by atoms with Crippen molar-refractivity contribution in [3.8, 4) is 0 Å². The van der Waals surface area contributed by atoms with Crippen molar-refractivity contribution in [2.45, 2.75) is 63.6 Å². The summed E-state index contributed by atoms with van der Waals surface area (Å²) < 4.78 is 2.39. The first-order valence-electron chi connectivity index (χ1n) is 11.4. The fourth-order valence-electron chi connectivity index (χ4n) is 6.57. The highest BCUT2D eigenvalue weighted by Gasteiger charge is 2.52. The Morgan fingerprint density at radius 3 is 2.90 bits per heavy atom. The van der Waals surface area contributed by atoms with Gasteiger partial charge >= 0.3 is 0 Å². The minimum atomic E-state index is -0.0795. The predicted molar refractivity (Wildman–Crippen MR) is 131 cm³/mol. The average Bonchev–Trinajstić information content (AvgIpc) is 3.13. The van der Waals surface area contributed by atoms with E-state index in [9.17, 15) is 4.79 Å². The van der Waals surface area contributed by atoms with Crippen molar-refractivity contribution < 1.29 is 0 Å². The molecule has 1 unspecified atom stereocenters. The molecule has 164 valence electrons. The maximum Gasteiger partial charge on any atom is 0.283 e. The van der Waals surface area contributed by atoms with E-state index in [1.807, 2.05) is 24.3 Å². The number of hydrogen-bond donors (Lipinski definition) is 0. The summed E-state index contributed by atoms with van der Waals surface area (Å²) in [5, 5.41) is 5.21. The number of aromatic nitrogens is 3. The Morgan fingerprint density at radius 1 is 1.26 bits per heavy atom. The van der Waals surface area contributed by atoms with Gasteiger partial charge in [-0.25, -0.2) is 4.98 Å². The third-order valence-electron chi connectivity index (χ3n) is 8.04. The number of benzene rings is 1. The van der Waals surface area contributed by atoms with E-state index < -0.39 is 0 Å². The first-order chi connectivity index (χ1) is 14.8. The molecule has 1 aromatic carbocycles. The van der Waals surface area contributed by atoms with Crippen molar-refractivity contribution in [1.29, 1.82) is 0 Å². The summed E-state index contributed by atoms with van der Waals surface area (Å²) in [7, 11) is 0. The van der Waals surface area contributed by atoms with Gasteiger partial charge in [0.05, 0.1) is 10.9 Å². The van der Waals surface area contributed by atoms with E-state index in [0.29, 0.717) is 27.1 Å². The van der Waals surface area contributed by atoms with Crippen LogP contribution in [0.2, 0.25) is 0 Å². The van der Waals surface area contributed by atoms with Gasteiger partial charge in [-0.15, -0.1) is 5.10 Å². The van der Waals surface area contributed by atoms with E-state index in [1.165, 1.54) is 53.5 Å². The van der Waals surface area contributed by atoms with Crippen molar-refractivity contribution in [1.82, 2.24) is 14.6 Å². The van der Waals surface area contributed by atoms with E-state index in [-0.39, 0.29) is 5.56 Å². The molecule has 2 aliphatic carbocycles. The number of fused-ring (bicyclic) bond motifs is 3. The first-order valence-corrected chi connectivity index (χ1v) is 13.2. The predicted octanol–water partition coefficient (Wildman–Crippen LogP) is 6.59. The minimum absolute atomic E-state index is 0.0795. The van der Waals surface area contributed by atoms with Crippen LogP contribution in [0.25, 0.3) is 15.9 Å². The Labute approximate surface area is 192 Å². The van der Waals surface area contributed by atoms with Gasteiger partial charge in [-0.3, -0.25) is 4.79 Å². The van der Waals surface area contributed by atoms with Crippen LogP contribution in [0, 0.1) is 22.7 Å². The molecule has 0 N–H and O–H groups in total. The molecular weight excluding hydrogens is 422 g/mol. The topological polar surface area (TPSA) is 47.3 Å². The molecule has 2 aromatic heterocycles. The Morgan fingerprint density at radius 2 is 2.06 bits per heavy atom. The van der Waals surface area contributed by atoms with E-state index in [4.69, 9.17) is 0 Å². The van der Waals surface area contributed by atoms with E-state index in [1.54, 1.807) is 11.8 Å². The summed E-state index contributed by atoms with van der Waals surface area (Å²) in [6, 6.07) is 7.50. The number of rotatable bonds is 4. The van der Waals surface area contributed by atoms with Gasteiger partial charge in [0.1, 0.15) is 0 Å².